The zero-order valence-corrected chi connectivity index (χ0v) is 18.1. The molecule has 174 valence electrons. The predicted molar refractivity (Wildman–Crippen MR) is 116 cm³/mol. The van der Waals surface area contributed by atoms with Crippen molar-refractivity contribution in [3.05, 3.63) is 78.6 Å². The number of hydrogen-bond donors (Lipinski definition) is 1. The van der Waals surface area contributed by atoms with E-state index < -0.39 is 35.0 Å². The van der Waals surface area contributed by atoms with Crippen LogP contribution in [0.3, 0.4) is 0 Å². The van der Waals surface area contributed by atoms with Crippen molar-refractivity contribution in [3.8, 4) is 11.5 Å². The summed E-state index contributed by atoms with van der Waals surface area (Å²) in [5, 5.41) is 2.42. The highest BCUT2D eigenvalue weighted by Gasteiger charge is 2.21. The lowest BCUT2D eigenvalue weighted by Gasteiger charge is -2.20. The van der Waals surface area contributed by atoms with Crippen molar-refractivity contribution < 1.29 is 35.9 Å². The van der Waals surface area contributed by atoms with E-state index in [0.717, 1.165) is 16.4 Å². The van der Waals surface area contributed by atoms with Gasteiger partial charge in [0.05, 0.1) is 16.3 Å². The summed E-state index contributed by atoms with van der Waals surface area (Å²) in [6.07, 6.45) is 0. The van der Waals surface area contributed by atoms with Crippen LogP contribution in [-0.2, 0) is 14.8 Å². The summed E-state index contributed by atoms with van der Waals surface area (Å²) in [6.45, 7) is -3.46. The number of alkyl halides is 2. The molecule has 3 rings (SSSR count). The Balaban J connectivity index is 1.61. The number of carbonyl (C=O) groups excluding carboxylic acids is 1. The van der Waals surface area contributed by atoms with Gasteiger partial charge < -0.3 is 14.8 Å². The Hall–Kier alpha value is -3.73. The van der Waals surface area contributed by atoms with Crippen LogP contribution in [0, 0.1) is 5.82 Å². The van der Waals surface area contributed by atoms with Gasteiger partial charge in [0, 0.05) is 7.05 Å². The molecule has 33 heavy (non-hydrogen) atoms. The van der Waals surface area contributed by atoms with Crippen LogP contribution in [0.4, 0.5) is 24.5 Å². The fourth-order valence-corrected chi connectivity index (χ4v) is 3.96. The molecular weight excluding hydrogens is 461 g/mol. The monoisotopic (exact) mass is 480 g/mol. The Bertz CT molecular complexity index is 1200. The molecule has 11 heteroatoms. The molecule has 0 saturated carbocycles. The molecule has 0 unspecified atom stereocenters. The third-order valence-corrected chi connectivity index (χ3v) is 6.22. The number of sulfonamides is 1. The fourth-order valence-electron chi connectivity index (χ4n) is 2.76. The Morgan fingerprint density at radius 1 is 1.00 bits per heavy atom. The number of ether oxygens (including phenoxy) is 2. The first-order chi connectivity index (χ1) is 15.7. The number of benzene rings is 3. The lowest BCUT2D eigenvalue weighted by Crippen LogP contribution is -2.26. The van der Waals surface area contributed by atoms with E-state index >= 15 is 0 Å². The number of amides is 1. The summed E-state index contributed by atoms with van der Waals surface area (Å²) in [5.74, 6) is -1.07. The second-order valence-corrected chi connectivity index (χ2v) is 8.60. The number of rotatable bonds is 9. The minimum atomic E-state index is -3.90. The number of halogens is 3. The minimum absolute atomic E-state index is 0.0642. The zero-order valence-electron chi connectivity index (χ0n) is 17.2. The maximum atomic E-state index is 13.1. The molecule has 0 heterocycles. The van der Waals surface area contributed by atoms with Crippen molar-refractivity contribution in [2.45, 2.75) is 11.5 Å². The maximum Gasteiger partial charge on any atom is 0.387 e. The largest absolute Gasteiger partial charge is 0.484 e. The first-order valence-electron chi connectivity index (χ1n) is 9.48. The summed E-state index contributed by atoms with van der Waals surface area (Å²) < 4.78 is 74.1. The van der Waals surface area contributed by atoms with Crippen molar-refractivity contribution in [2.24, 2.45) is 0 Å². The van der Waals surface area contributed by atoms with E-state index in [1.807, 2.05) is 0 Å². The molecule has 0 radical (unpaired) electrons. The van der Waals surface area contributed by atoms with Crippen LogP contribution in [0.25, 0.3) is 0 Å². The van der Waals surface area contributed by atoms with Gasteiger partial charge in [0.25, 0.3) is 15.9 Å². The molecule has 0 aliphatic carbocycles. The quantitative estimate of drug-likeness (QED) is 0.495. The van der Waals surface area contributed by atoms with E-state index in [2.05, 4.69) is 10.1 Å². The number of anilines is 2. The SMILES string of the molecule is CN(c1ccc(OCC(=O)Nc2ccccc2OC(F)F)cc1)S(=O)(=O)c1ccc(F)cc1. The Morgan fingerprint density at radius 2 is 1.64 bits per heavy atom. The third kappa shape index (κ3) is 6.16. The molecule has 0 atom stereocenters. The van der Waals surface area contributed by atoms with Crippen molar-refractivity contribution >= 4 is 27.3 Å². The lowest BCUT2D eigenvalue weighted by atomic mass is 10.3. The van der Waals surface area contributed by atoms with E-state index in [1.54, 1.807) is 6.07 Å². The summed E-state index contributed by atoms with van der Waals surface area (Å²) in [7, 11) is -2.55. The number of nitrogens with one attached hydrogen (secondary N) is 1. The van der Waals surface area contributed by atoms with Crippen LogP contribution in [-0.4, -0.2) is 34.6 Å². The Morgan fingerprint density at radius 3 is 2.27 bits per heavy atom. The topological polar surface area (TPSA) is 84.9 Å². The highest BCUT2D eigenvalue weighted by molar-refractivity contribution is 7.92. The number of hydrogen-bond acceptors (Lipinski definition) is 5. The molecule has 7 nitrogen and oxygen atoms in total. The summed E-state index contributed by atoms with van der Waals surface area (Å²) in [5.41, 5.74) is 0.378. The molecule has 0 aliphatic rings. The molecule has 0 saturated heterocycles. The molecule has 0 spiro atoms. The Kier molecular flexibility index (Phi) is 7.44. The average molecular weight is 480 g/mol. The number of nitrogens with zero attached hydrogens (tertiary/aromatic N) is 1. The second-order valence-electron chi connectivity index (χ2n) is 6.63. The van der Waals surface area contributed by atoms with Gasteiger partial charge in [0.15, 0.2) is 6.61 Å². The van der Waals surface area contributed by atoms with E-state index in [9.17, 15) is 26.4 Å². The van der Waals surface area contributed by atoms with Crippen LogP contribution in [0.5, 0.6) is 11.5 Å². The molecule has 0 aromatic heterocycles. The van der Waals surface area contributed by atoms with Crippen LogP contribution < -0.4 is 19.1 Å². The summed E-state index contributed by atoms with van der Waals surface area (Å²) in [4.78, 5) is 12.0. The first-order valence-corrected chi connectivity index (χ1v) is 10.9. The second kappa shape index (κ2) is 10.3. The molecule has 1 N–H and O–H groups in total. The van der Waals surface area contributed by atoms with Crippen LogP contribution in [0.2, 0.25) is 0 Å². The van der Waals surface area contributed by atoms with Gasteiger partial charge in [-0.15, -0.1) is 0 Å². The zero-order chi connectivity index (χ0) is 24.0. The van der Waals surface area contributed by atoms with Gasteiger partial charge in [0.2, 0.25) is 0 Å². The molecule has 0 aliphatic heterocycles. The molecular formula is C22H19F3N2O5S. The maximum absolute atomic E-state index is 13.1. The van der Waals surface area contributed by atoms with Gasteiger partial charge in [-0.3, -0.25) is 9.10 Å². The Labute approximate surface area is 188 Å². The van der Waals surface area contributed by atoms with E-state index in [1.165, 1.54) is 61.6 Å². The average Bonchev–Trinajstić information content (AvgIpc) is 2.79. The van der Waals surface area contributed by atoms with Crippen LogP contribution in [0.15, 0.2) is 77.7 Å². The molecule has 0 fully saturated rings. The van der Waals surface area contributed by atoms with E-state index in [0.29, 0.717) is 5.69 Å². The highest BCUT2D eigenvalue weighted by atomic mass is 32.2. The number of para-hydroxylation sites is 2. The fraction of sp³-hybridized carbons (Fsp3) is 0.136. The van der Waals surface area contributed by atoms with Gasteiger partial charge in [0.1, 0.15) is 17.3 Å². The smallest absolute Gasteiger partial charge is 0.387 e. The summed E-state index contributed by atoms with van der Waals surface area (Å²) in [6, 6.07) is 16.0. The van der Waals surface area contributed by atoms with Gasteiger partial charge >= 0.3 is 6.61 Å². The molecule has 0 bridgehead atoms. The minimum Gasteiger partial charge on any atom is -0.484 e. The normalized spacial score (nSPS) is 11.2. The van der Waals surface area contributed by atoms with Crippen molar-refractivity contribution in [1.82, 2.24) is 0 Å². The van der Waals surface area contributed by atoms with Gasteiger partial charge in [-0.2, -0.15) is 8.78 Å². The van der Waals surface area contributed by atoms with Crippen molar-refractivity contribution in [1.29, 1.82) is 0 Å². The molecule has 1 amide bonds. The lowest BCUT2D eigenvalue weighted by molar-refractivity contribution is -0.118. The summed E-state index contributed by atoms with van der Waals surface area (Å²) >= 11 is 0. The third-order valence-electron chi connectivity index (χ3n) is 4.42. The van der Waals surface area contributed by atoms with Crippen molar-refractivity contribution in [2.75, 3.05) is 23.3 Å². The van der Waals surface area contributed by atoms with Crippen LogP contribution >= 0.6 is 0 Å². The standard InChI is InChI=1S/C22H19F3N2O5S/c1-27(33(29,30)18-12-6-15(23)7-13-18)16-8-10-17(11-9-16)31-14-21(28)26-19-4-2-3-5-20(19)32-22(24)25/h2-13,22H,14H2,1H3,(H,26,28). The number of carbonyl (C=O) groups is 1. The van der Waals surface area contributed by atoms with Gasteiger partial charge in [-0.1, -0.05) is 12.1 Å². The van der Waals surface area contributed by atoms with E-state index in [4.69, 9.17) is 4.74 Å². The van der Waals surface area contributed by atoms with Crippen molar-refractivity contribution in [3.63, 3.8) is 0 Å². The first kappa shape index (κ1) is 23.9. The van der Waals surface area contributed by atoms with E-state index in [-0.39, 0.29) is 22.1 Å². The molecule has 3 aromatic carbocycles. The van der Waals surface area contributed by atoms with Gasteiger partial charge in [-0.25, -0.2) is 12.8 Å². The predicted octanol–water partition coefficient (Wildman–Crippen LogP) is 4.27. The highest BCUT2D eigenvalue weighted by Crippen LogP contribution is 2.26. The van der Waals surface area contributed by atoms with Crippen LogP contribution in [0.1, 0.15) is 0 Å². The molecule has 3 aromatic rings. The van der Waals surface area contributed by atoms with Gasteiger partial charge in [-0.05, 0) is 60.7 Å².